The zero-order valence-corrected chi connectivity index (χ0v) is 20.5. The fourth-order valence-electron chi connectivity index (χ4n) is 3.96. The van der Waals surface area contributed by atoms with E-state index in [0.29, 0.717) is 12.1 Å². The number of aliphatic imine (C=N–C) groups is 1. The first-order chi connectivity index (χ1) is 14.6. The van der Waals surface area contributed by atoms with Gasteiger partial charge in [-0.15, -0.1) is 11.3 Å². The van der Waals surface area contributed by atoms with Crippen molar-refractivity contribution in [2.75, 3.05) is 52.4 Å². The summed E-state index contributed by atoms with van der Waals surface area (Å²) in [6.07, 6.45) is 2.64. The fraction of sp³-hybridized carbons (Fsp3) is 0.783. The molecule has 0 aliphatic carbocycles. The minimum Gasteiger partial charge on any atom is -0.376 e. The Labute approximate surface area is 188 Å². The first-order valence-corrected chi connectivity index (χ1v) is 12.6. The summed E-state index contributed by atoms with van der Waals surface area (Å²) in [4.78, 5) is 11.4. The number of ether oxygens (including phenoxy) is 1. The van der Waals surface area contributed by atoms with Crippen LogP contribution in [-0.4, -0.2) is 80.3 Å². The van der Waals surface area contributed by atoms with E-state index in [0.717, 1.165) is 58.3 Å². The molecule has 3 atom stereocenters. The Morgan fingerprint density at radius 3 is 2.80 bits per heavy atom. The number of hydrogen-bond acceptors (Lipinski definition) is 5. The Kier molecular flexibility index (Phi) is 11.7. The summed E-state index contributed by atoms with van der Waals surface area (Å²) in [5.74, 6) is 0.927. The maximum absolute atomic E-state index is 5.76. The van der Waals surface area contributed by atoms with E-state index < -0.39 is 0 Å². The van der Waals surface area contributed by atoms with Crippen LogP contribution in [0.3, 0.4) is 0 Å². The molecular formula is C23H43N5OS. The molecular weight excluding hydrogens is 394 g/mol. The van der Waals surface area contributed by atoms with Crippen molar-refractivity contribution in [1.82, 2.24) is 20.4 Å². The van der Waals surface area contributed by atoms with Gasteiger partial charge in [0.15, 0.2) is 5.96 Å². The number of morpholine rings is 1. The lowest BCUT2D eigenvalue weighted by molar-refractivity contribution is -0.0327. The third kappa shape index (κ3) is 8.53. The van der Waals surface area contributed by atoms with E-state index in [9.17, 15) is 0 Å². The molecule has 7 heteroatoms. The van der Waals surface area contributed by atoms with Crippen LogP contribution < -0.4 is 10.6 Å². The highest BCUT2D eigenvalue weighted by Gasteiger charge is 2.26. The number of nitrogens with one attached hydrogen (secondary N) is 2. The van der Waals surface area contributed by atoms with Crippen LogP contribution in [0.4, 0.5) is 0 Å². The highest BCUT2D eigenvalue weighted by Crippen LogP contribution is 2.27. The highest BCUT2D eigenvalue weighted by molar-refractivity contribution is 7.10. The summed E-state index contributed by atoms with van der Waals surface area (Å²) in [5, 5.41) is 9.22. The molecule has 1 aromatic rings. The molecule has 0 aromatic carbocycles. The van der Waals surface area contributed by atoms with E-state index in [1.165, 1.54) is 17.8 Å². The Morgan fingerprint density at radius 1 is 1.37 bits per heavy atom. The molecule has 0 spiro atoms. The predicted octanol–water partition coefficient (Wildman–Crippen LogP) is 3.58. The number of thiophene rings is 1. The number of guanidine groups is 1. The van der Waals surface area contributed by atoms with Crippen LogP contribution in [0.1, 0.15) is 58.4 Å². The van der Waals surface area contributed by atoms with E-state index >= 15 is 0 Å². The molecule has 2 heterocycles. The lowest BCUT2D eigenvalue weighted by Crippen LogP contribution is -2.45. The maximum Gasteiger partial charge on any atom is 0.191 e. The zero-order valence-electron chi connectivity index (χ0n) is 19.7. The Bertz CT molecular complexity index is 590. The van der Waals surface area contributed by atoms with Crippen LogP contribution in [0.25, 0.3) is 0 Å². The second-order valence-electron chi connectivity index (χ2n) is 8.14. The topological polar surface area (TPSA) is 52.1 Å². The van der Waals surface area contributed by atoms with Crippen LogP contribution >= 0.6 is 11.3 Å². The third-order valence-corrected chi connectivity index (χ3v) is 6.71. The number of hydrogen-bond donors (Lipinski definition) is 2. The molecule has 0 amide bonds. The molecule has 30 heavy (non-hydrogen) atoms. The van der Waals surface area contributed by atoms with E-state index in [-0.39, 0.29) is 6.10 Å². The number of rotatable bonds is 12. The Hall–Kier alpha value is -1.15. The van der Waals surface area contributed by atoms with Gasteiger partial charge in [-0.2, -0.15) is 0 Å². The highest BCUT2D eigenvalue weighted by atomic mass is 32.1. The molecule has 6 nitrogen and oxygen atoms in total. The van der Waals surface area contributed by atoms with Crippen molar-refractivity contribution < 1.29 is 4.74 Å². The van der Waals surface area contributed by atoms with Crippen molar-refractivity contribution in [2.24, 2.45) is 4.99 Å². The van der Waals surface area contributed by atoms with Gasteiger partial charge in [-0.1, -0.05) is 19.9 Å². The van der Waals surface area contributed by atoms with Crippen LogP contribution in [0.5, 0.6) is 0 Å². The van der Waals surface area contributed by atoms with E-state index in [1.807, 2.05) is 11.3 Å². The Morgan fingerprint density at radius 2 is 2.17 bits per heavy atom. The summed E-state index contributed by atoms with van der Waals surface area (Å²) in [6, 6.07) is 5.09. The minimum absolute atomic E-state index is 0.280. The molecule has 172 valence electrons. The molecule has 1 fully saturated rings. The SMILES string of the molecule is CCNC(=NCC(c1cccs1)N1CCOC(C)C1)NC(C)CCCN(CC)CC. The average Bonchev–Trinajstić information content (AvgIpc) is 3.26. The van der Waals surface area contributed by atoms with Gasteiger partial charge in [0.25, 0.3) is 0 Å². The van der Waals surface area contributed by atoms with Crippen LogP contribution in [0.2, 0.25) is 0 Å². The molecule has 1 aromatic heterocycles. The van der Waals surface area contributed by atoms with Crippen molar-refractivity contribution in [3.63, 3.8) is 0 Å². The quantitative estimate of drug-likeness (QED) is 0.387. The molecule has 0 radical (unpaired) electrons. The minimum atomic E-state index is 0.280. The van der Waals surface area contributed by atoms with Gasteiger partial charge in [-0.05, 0) is 64.7 Å². The third-order valence-electron chi connectivity index (χ3n) is 5.74. The molecule has 1 saturated heterocycles. The van der Waals surface area contributed by atoms with Gasteiger partial charge >= 0.3 is 0 Å². The van der Waals surface area contributed by atoms with Crippen molar-refractivity contribution in [2.45, 2.75) is 65.6 Å². The molecule has 3 unspecified atom stereocenters. The van der Waals surface area contributed by atoms with Crippen LogP contribution in [0.15, 0.2) is 22.5 Å². The lowest BCUT2D eigenvalue weighted by atomic mass is 10.1. The van der Waals surface area contributed by atoms with Crippen molar-refractivity contribution in [3.8, 4) is 0 Å². The summed E-state index contributed by atoms with van der Waals surface area (Å²) < 4.78 is 5.76. The van der Waals surface area contributed by atoms with Gasteiger partial charge in [0.2, 0.25) is 0 Å². The molecule has 0 saturated carbocycles. The monoisotopic (exact) mass is 437 g/mol. The van der Waals surface area contributed by atoms with Gasteiger partial charge in [0.05, 0.1) is 25.3 Å². The molecule has 2 N–H and O–H groups in total. The van der Waals surface area contributed by atoms with E-state index in [4.69, 9.17) is 9.73 Å². The average molecular weight is 438 g/mol. The van der Waals surface area contributed by atoms with Crippen molar-refractivity contribution in [1.29, 1.82) is 0 Å². The molecule has 1 aliphatic heterocycles. The summed E-state index contributed by atoms with van der Waals surface area (Å²) in [5.41, 5.74) is 0. The van der Waals surface area contributed by atoms with Crippen LogP contribution in [0, 0.1) is 0 Å². The first kappa shape index (κ1) is 25.1. The van der Waals surface area contributed by atoms with Crippen molar-refractivity contribution >= 4 is 17.3 Å². The summed E-state index contributed by atoms with van der Waals surface area (Å²) in [7, 11) is 0. The maximum atomic E-state index is 5.76. The zero-order chi connectivity index (χ0) is 21.8. The van der Waals surface area contributed by atoms with Crippen molar-refractivity contribution in [3.05, 3.63) is 22.4 Å². The summed E-state index contributed by atoms with van der Waals surface area (Å²) >= 11 is 1.83. The molecule has 2 rings (SSSR count). The largest absolute Gasteiger partial charge is 0.376 e. The normalized spacial score (nSPS) is 20.3. The summed E-state index contributed by atoms with van der Waals surface area (Å²) in [6.45, 7) is 18.8. The van der Waals surface area contributed by atoms with Gasteiger partial charge in [-0.3, -0.25) is 9.89 Å². The lowest BCUT2D eigenvalue weighted by Gasteiger charge is -2.36. The van der Waals surface area contributed by atoms with Gasteiger partial charge in [-0.25, -0.2) is 0 Å². The standard InChI is InChI=1S/C23H43N5OS/c1-6-24-23(26-19(4)11-9-13-27(7-2)8-3)25-17-21(22-12-10-16-30-22)28-14-15-29-20(5)18-28/h10,12,16,19-21H,6-9,11,13-15,17-18H2,1-5H3,(H2,24,25,26). The molecule has 0 bridgehead atoms. The van der Waals surface area contributed by atoms with Gasteiger partial charge in [0.1, 0.15) is 0 Å². The number of nitrogens with zero attached hydrogens (tertiary/aromatic N) is 3. The molecule has 1 aliphatic rings. The first-order valence-electron chi connectivity index (χ1n) is 11.7. The van der Waals surface area contributed by atoms with Crippen LogP contribution in [-0.2, 0) is 4.74 Å². The van der Waals surface area contributed by atoms with Gasteiger partial charge < -0.3 is 20.3 Å². The predicted molar refractivity (Wildman–Crippen MR) is 130 cm³/mol. The van der Waals surface area contributed by atoms with E-state index in [2.05, 4.69) is 72.6 Å². The fourth-order valence-corrected chi connectivity index (χ4v) is 4.81. The smallest absolute Gasteiger partial charge is 0.191 e. The second kappa shape index (κ2) is 14.0. The van der Waals surface area contributed by atoms with Gasteiger partial charge in [0, 0.05) is 30.6 Å². The van der Waals surface area contributed by atoms with E-state index in [1.54, 1.807) is 0 Å². The Balaban J connectivity index is 1.95. The second-order valence-corrected chi connectivity index (χ2v) is 9.12.